The molecule has 0 spiro atoms. The zero-order valence-corrected chi connectivity index (χ0v) is 12.8. The van der Waals surface area contributed by atoms with Crippen LogP contribution in [0, 0.1) is 5.82 Å². The highest BCUT2D eigenvalue weighted by Crippen LogP contribution is 2.42. The molecular formula is C19H21FN2. The van der Waals surface area contributed by atoms with Crippen molar-refractivity contribution in [3.8, 4) is 0 Å². The van der Waals surface area contributed by atoms with Crippen LogP contribution < -0.4 is 0 Å². The second-order valence-electron chi connectivity index (χ2n) is 6.51. The quantitative estimate of drug-likeness (QED) is 0.837. The second-order valence-corrected chi connectivity index (χ2v) is 6.51. The average molecular weight is 296 g/mol. The zero-order chi connectivity index (χ0) is 15.1. The molecule has 4 rings (SSSR count). The van der Waals surface area contributed by atoms with Crippen LogP contribution in [-0.2, 0) is 6.54 Å². The van der Waals surface area contributed by atoms with Crippen molar-refractivity contribution in [2.75, 3.05) is 19.6 Å². The number of nitrogens with zero attached hydrogens (tertiary/aromatic N) is 2. The Balaban J connectivity index is 1.54. The predicted molar refractivity (Wildman–Crippen MR) is 86.7 cm³/mol. The van der Waals surface area contributed by atoms with Gasteiger partial charge in [-0.1, -0.05) is 18.7 Å². The molecule has 1 aromatic carbocycles. The molecule has 0 aromatic heterocycles. The third-order valence-electron chi connectivity index (χ3n) is 4.79. The summed E-state index contributed by atoms with van der Waals surface area (Å²) < 4.78 is 14.3. The normalized spacial score (nSPS) is 21.8. The number of benzene rings is 1. The number of hydrogen-bond donors (Lipinski definition) is 0. The summed E-state index contributed by atoms with van der Waals surface area (Å²) in [6.45, 7) is 7.50. The zero-order valence-electron chi connectivity index (χ0n) is 12.8. The molecule has 0 N–H and O–H groups in total. The van der Waals surface area contributed by atoms with Gasteiger partial charge in [-0.05, 0) is 48.1 Å². The van der Waals surface area contributed by atoms with Crippen molar-refractivity contribution in [3.05, 3.63) is 71.3 Å². The van der Waals surface area contributed by atoms with Gasteiger partial charge in [0.15, 0.2) is 0 Å². The first kappa shape index (κ1) is 13.8. The van der Waals surface area contributed by atoms with Crippen molar-refractivity contribution in [2.45, 2.75) is 25.3 Å². The average Bonchev–Trinajstić information content (AvgIpc) is 3.33. The largest absolute Gasteiger partial charge is 0.349 e. The summed E-state index contributed by atoms with van der Waals surface area (Å²) >= 11 is 0. The van der Waals surface area contributed by atoms with Gasteiger partial charge in [-0.15, -0.1) is 0 Å². The Labute approximate surface area is 131 Å². The summed E-state index contributed by atoms with van der Waals surface area (Å²) in [5.41, 5.74) is 4.44. The molecule has 0 bridgehead atoms. The summed E-state index contributed by atoms with van der Waals surface area (Å²) in [7, 11) is 0. The van der Waals surface area contributed by atoms with Gasteiger partial charge in [0, 0.05) is 43.6 Å². The van der Waals surface area contributed by atoms with Crippen LogP contribution in [0.2, 0.25) is 0 Å². The fourth-order valence-corrected chi connectivity index (χ4v) is 3.42. The maximum Gasteiger partial charge on any atom is 0.127 e. The summed E-state index contributed by atoms with van der Waals surface area (Å²) in [5, 5.41) is 0. The third-order valence-corrected chi connectivity index (χ3v) is 4.79. The SMILES string of the molecule is C=C1C=CN2CCN(Cc3c(F)cccc3C3CC3)CC2=C1. The Morgan fingerprint density at radius 3 is 2.91 bits per heavy atom. The van der Waals surface area contributed by atoms with Crippen molar-refractivity contribution < 1.29 is 4.39 Å². The summed E-state index contributed by atoms with van der Waals surface area (Å²) in [6.07, 6.45) is 8.70. The number of fused-ring (bicyclic) bond motifs is 1. The van der Waals surface area contributed by atoms with E-state index in [1.165, 1.54) is 24.1 Å². The number of halogens is 1. The maximum atomic E-state index is 14.3. The molecular weight excluding hydrogens is 275 g/mol. The van der Waals surface area contributed by atoms with E-state index < -0.39 is 0 Å². The van der Waals surface area contributed by atoms with E-state index >= 15 is 0 Å². The van der Waals surface area contributed by atoms with E-state index in [1.807, 2.05) is 12.1 Å². The molecule has 0 radical (unpaired) electrons. The van der Waals surface area contributed by atoms with Crippen molar-refractivity contribution in [1.29, 1.82) is 0 Å². The van der Waals surface area contributed by atoms with Gasteiger partial charge in [0.25, 0.3) is 0 Å². The smallest absolute Gasteiger partial charge is 0.127 e. The van der Waals surface area contributed by atoms with Gasteiger partial charge in [-0.25, -0.2) is 4.39 Å². The Morgan fingerprint density at radius 2 is 2.09 bits per heavy atom. The fourth-order valence-electron chi connectivity index (χ4n) is 3.42. The highest BCUT2D eigenvalue weighted by atomic mass is 19.1. The van der Waals surface area contributed by atoms with E-state index in [2.05, 4.69) is 34.7 Å². The molecule has 0 unspecified atom stereocenters. The first-order valence-electron chi connectivity index (χ1n) is 8.04. The van der Waals surface area contributed by atoms with E-state index in [4.69, 9.17) is 0 Å². The third kappa shape index (κ3) is 2.61. The minimum Gasteiger partial charge on any atom is -0.349 e. The molecule has 2 fully saturated rings. The predicted octanol–water partition coefficient (Wildman–Crippen LogP) is 3.79. The number of rotatable bonds is 3. The number of hydrogen-bond acceptors (Lipinski definition) is 2. The van der Waals surface area contributed by atoms with Crippen molar-refractivity contribution in [2.24, 2.45) is 0 Å². The molecule has 1 saturated heterocycles. The summed E-state index contributed by atoms with van der Waals surface area (Å²) in [6, 6.07) is 5.56. The minimum atomic E-state index is -0.0474. The van der Waals surface area contributed by atoms with Crippen molar-refractivity contribution >= 4 is 0 Å². The molecule has 114 valence electrons. The molecule has 1 aromatic rings. The number of allylic oxidation sites excluding steroid dienone is 3. The summed E-state index contributed by atoms with van der Waals surface area (Å²) in [5.74, 6) is 0.539. The molecule has 0 amide bonds. The van der Waals surface area contributed by atoms with Crippen LogP contribution >= 0.6 is 0 Å². The molecule has 0 atom stereocenters. The van der Waals surface area contributed by atoms with Crippen LogP contribution in [0.3, 0.4) is 0 Å². The lowest BCUT2D eigenvalue weighted by Crippen LogP contribution is -2.42. The molecule has 2 heterocycles. The topological polar surface area (TPSA) is 6.48 Å². The van der Waals surface area contributed by atoms with Gasteiger partial charge >= 0.3 is 0 Å². The van der Waals surface area contributed by atoms with Gasteiger partial charge in [0.05, 0.1) is 0 Å². The lowest BCUT2D eigenvalue weighted by atomic mass is 10.0. The molecule has 3 heteroatoms. The maximum absolute atomic E-state index is 14.3. The van der Waals surface area contributed by atoms with Gasteiger partial charge in [0.1, 0.15) is 5.82 Å². The molecule has 1 aliphatic carbocycles. The van der Waals surface area contributed by atoms with Crippen LogP contribution in [0.4, 0.5) is 4.39 Å². The highest BCUT2D eigenvalue weighted by Gasteiger charge is 2.29. The van der Waals surface area contributed by atoms with Gasteiger partial charge in [-0.3, -0.25) is 4.90 Å². The van der Waals surface area contributed by atoms with Gasteiger partial charge < -0.3 is 4.90 Å². The van der Waals surface area contributed by atoms with E-state index in [-0.39, 0.29) is 5.82 Å². The van der Waals surface area contributed by atoms with Crippen LogP contribution in [0.1, 0.15) is 29.9 Å². The lowest BCUT2D eigenvalue weighted by Gasteiger charge is -2.38. The number of piperazine rings is 1. The van der Waals surface area contributed by atoms with Crippen LogP contribution in [0.25, 0.3) is 0 Å². The lowest BCUT2D eigenvalue weighted by molar-refractivity contribution is 0.198. The first-order valence-corrected chi connectivity index (χ1v) is 8.04. The highest BCUT2D eigenvalue weighted by molar-refractivity contribution is 5.37. The first-order chi connectivity index (χ1) is 10.7. The summed E-state index contributed by atoms with van der Waals surface area (Å²) in [4.78, 5) is 4.62. The molecule has 1 saturated carbocycles. The van der Waals surface area contributed by atoms with Crippen molar-refractivity contribution in [3.63, 3.8) is 0 Å². The molecule has 2 aliphatic heterocycles. The van der Waals surface area contributed by atoms with Gasteiger partial charge in [-0.2, -0.15) is 0 Å². The second kappa shape index (κ2) is 5.40. The fraction of sp³-hybridized carbons (Fsp3) is 0.368. The Morgan fingerprint density at radius 1 is 1.23 bits per heavy atom. The van der Waals surface area contributed by atoms with E-state index in [9.17, 15) is 4.39 Å². The van der Waals surface area contributed by atoms with Crippen LogP contribution in [-0.4, -0.2) is 29.4 Å². The Bertz CT molecular complexity index is 670. The molecule has 2 nitrogen and oxygen atoms in total. The minimum absolute atomic E-state index is 0.0474. The Kier molecular flexibility index (Phi) is 3.38. The van der Waals surface area contributed by atoms with E-state index in [0.717, 1.165) is 30.8 Å². The van der Waals surface area contributed by atoms with Crippen molar-refractivity contribution in [1.82, 2.24) is 9.80 Å². The van der Waals surface area contributed by atoms with Crippen LogP contribution in [0.15, 0.2) is 54.4 Å². The Hall–Kier alpha value is -1.87. The molecule has 22 heavy (non-hydrogen) atoms. The van der Waals surface area contributed by atoms with Gasteiger partial charge in [0.2, 0.25) is 0 Å². The monoisotopic (exact) mass is 296 g/mol. The standard InChI is InChI=1S/C19H21FN2/c1-14-7-8-22-10-9-21(12-16(22)11-14)13-18-17(15-5-6-15)3-2-4-19(18)20/h2-4,7-8,11,15H,1,5-6,9-10,12-13H2. The van der Waals surface area contributed by atoms with Crippen LogP contribution in [0.5, 0.6) is 0 Å². The molecule has 3 aliphatic rings. The van der Waals surface area contributed by atoms with E-state index in [1.54, 1.807) is 6.07 Å². The van der Waals surface area contributed by atoms with E-state index in [0.29, 0.717) is 12.5 Å².